The molecule has 21 heavy (non-hydrogen) atoms. The number of thioether (sulfide) groups is 1. The topological polar surface area (TPSA) is 56.6 Å². The van der Waals surface area contributed by atoms with Gasteiger partial charge in [0.05, 0.1) is 5.03 Å². The second kappa shape index (κ2) is 6.70. The molecule has 0 saturated heterocycles. The number of aromatic amines is 1. The Hall–Kier alpha value is -1.21. The van der Waals surface area contributed by atoms with Crippen LogP contribution in [-0.2, 0) is 12.8 Å². The van der Waals surface area contributed by atoms with Crippen LogP contribution in [0.4, 0.5) is 0 Å². The summed E-state index contributed by atoms with van der Waals surface area (Å²) >= 11 is 1.81. The molecule has 4 heteroatoms. The van der Waals surface area contributed by atoms with E-state index < -0.39 is 0 Å². The summed E-state index contributed by atoms with van der Waals surface area (Å²) < 4.78 is 0. The van der Waals surface area contributed by atoms with E-state index in [1.807, 2.05) is 11.8 Å². The number of nitrogens with zero attached hydrogens (tertiary/aromatic N) is 1. The van der Waals surface area contributed by atoms with Crippen LogP contribution in [0.5, 0.6) is 0 Å². The van der Waals surface area contributed by atoms with E-state index in [0.29, 0.717) is 5.56 Å². The Kier molecular flexibility index (Phi) is 4.70. The SMILES string of the molecule is N#Cc1c2c(c(SCC3CCCCC3)[nH]c1=O)CCCC2. The molecule has 1 heterocycles. The van der Waals surface area contributed by atoms with E-state index in [9.17, 15) is 10.1 Å². The summed E-state index contributed by atoms with van der Waals surface area (Å²) in [5, 5.41) is 10.3. The Morgan fingerprint density at radius 3 is 2.52 bits per heavy atom. The molecule has 0 amide bonds. The van der Waals surface area contributed by atoms with Gasteiger partial charge in [0.2, 0.25) is 0 Å². The van der Waals surface area contributed by atoms with Gasteiger partial charge in [0.25, 0.3) is 5.56 Å². The lowest BCUT2D eigenvalue weighted by Gasteiger charge is -2.23. The highest BCUT2D eigenvalue weighted by Crippen LogP contribution is 2.33. The van der Waals surface area contributed by atoms with Crippen LogP contribution in [0.15, 0.2) is 9.82 Å². The maximum atomic E-state index is 12.1. The van der Waals surface area contributed by atoms with Gasteiger partial charge in [-0.1, -0.05) is 19.3 Å². The van der Waals surface area contributed by atoms with Gasteiger partial charge in [0, 0.05) is 5.75 Å². The maximum absolute atomic E-state index is 12.1. The third kappa shape index (κ3) is 3.18. The summed E-state index contributed by atoms with van der Waals surface area (Å²) in [5.74, 6) is 1.90. The van der Waals surface area contributed by atoms with Crippen molar-refractivity contribution in [3.8, 4) is 6.07 Å². The normalized spacial score (nSPS) is 19.0. The van der Waals surface area contributed by atoms with Gasteiger partial charge in [0.15, 0.2) is 0 Å². The molecule has 1 saturated carbocycles. The van der Waals surface area contributed by atoms with Crippen LogP contribution >= 0.6 is 11.8 Å². The molecule has 1 aromatic heterocycles. The molecule has 0 bridgehead atoms. The van der Waals surface area contributed by atoms with Crippen molar-refractivity contribution in [3.63, 3.8) is 0 Å². The molecule has 0 unspecified atom stereocenters. The minimum atomic E-state index is -0.190. The van der Waals surface area contributed by atoms with Gasteiger partial charge in [-0.05, 0) is 55.6 Å². The largest absolute Gasteiger partial charge is 0.316 e. The number of hydrogen-bond acceptors (Lipinski definition) is 3. The fourth-order valence-corrected chi connectivity index (χ4v) is 4.91. The molecule has 0 aromatic carbocycles. The van der Waals surface area contributed by atoms with Crippen LogP contribution in [0.3, 0.4) is 0 Å². The Labute approximate surface area is 130 Å². The van der Waals surface area contributed by atoms with E-state index in [0.717, 1.165) is 41.5 Å². The quantitative estimate of drug-likeness (QED) is 0.864. The number of nitrogens with one attached hydrogen (secondary N) is 1. The second-order valence-electron chi connectivity index (χ2n) is 6.25. The number of hydrogen-bond donors (Lipinski definition) is 1. The number of pyridine rings is 1. The van der Waals surface area contributed by atoms with Crippen molar-refractivity contribution < 1.29 is 0 Å². The van der Waals surface area contributed by atoms with Crippen LogP contribution in [0.1, 0.15) is 61.6 Å². The molecule has 2 aliphatic rings. The fraction of sp³-hybridized carbons (Fsp3) is 0.647. The van der Waals surface area contributed by atoms with Crippen LogP contribution in [0, 0.1) is 17.2 Å². The maximum Gasteiger partial charge on any atom is 0.267 e. The van der Waals surface area contributed by atoms with Crippen molar-refractivity contribution in [2.45, 2.75) is 62.8 Å². The van der Waals surface area contributed by atoms with Gasteiger partial charge in [-0.2, -0.15) is 5.26 Å². The molecule has 3 rings (SSSR count). The molecule has 112 valence electrons. The third-order valence-corrected chi connectivity index (χ3v) is 6.07. The molecular formula is C17H22N2OS. The number of nitriles is 1. The van der Waals surface area contributed by atoms with Gasteiger partial charge < -0.3 is 4.98 Å². The number of aromatic nitrogens is 1. The summed E-state index contributed by atoms with van der Waals surface area (Å²) in [5.41, 5.74) is 2.44. The van der Waals surface area contributed by atoms with Crippen LogP contribution in [0.25, 0.3) is 0 Å². The molecule has 3 nitrogen and oxygen atoms in total. The van der Waals surface area contributed by atoms with E-state index in [1.165, 1.54) is 44.1 Å². The lowest BCUT2D eigenvalue weighted by atomic mass is 9.90. The summed E-state index contributed by atoms with van der Waals surface area (Å²) in [6.07, 6.45) is 10.9. The highest BCUT2D eigenvalue weighted by atomic mass is 32.2. The minimum absolute atomic E-state index is 0.190. The molecule has 0 spiro atoms. The Morgan fingerprint density at radius 1 is 1.10 bits per heavy atom. The molecular weight excluding hydrogens is 280 g/mol. The summed E-state index contributed by atoms with van der Waals surface area (Å²) in [7, 11) is 0. The van der Waals surface area contributed by atoms with Crippen LogP contribution in [0.2, 0.25) is 0 Å². The van der Waals surface area contributed by atoms with Crippen molar-refractivity contribution in [1.82, 2.24) is 4.98 Å². The highest BCUT2D eigenvalue weighted by molar-refractivity contribution is 7.99. The van der Waals surface area contributed by atoms with E-state index in [4.69, 9.17) is 0 Å². The predicted octanol–water partition coefficient (Wildman–Crippen LogP) is 3.80. The van der Waals surface area contributed by atoms with E-state index in [1.54, 1.807) is 0 Å². The zero-order valence-electron chi connectivity index (χ0n) is 12.4. The lowest BCUT2D eigenvalue weighted by molar-refractivity contribution is 0.391. The van der Waals surface area contributed by atoms with Crippen molar-refractivity contribution in [2.75, 3.05) is 5.75 Å². The Bertz CT molecular complexity index is 608. The second-order valence-corrected chi connectivity index (χ2v) is 7.28. The number of rotatable bonds is 3. The van der Waals surface area contributed by atoms with Gasteiger partial charge >= 0.3 is 0 Å². The number of H-pyrrole nitrogens is 1. The monoisotopic (exact) mass is 302 g/mol. The first-order chi connectivity index (χ1) is 10.3. The predicted molar refractivity (Wildman–Crippen MR) is 85.7 cm³/mol. The average Bonchev–Trinajstić information content (AvgIpc) is 2.54. The molecule has 1 aromatic rings. The van der Waals surface area contributed by atoms with E-state index in [-0.39, 0.29) is 5.56 Å². The standard InChI is InChI=1S/C17H22N2OS/c18-10-15-13-8-4-5-9-14(13)17(19-16(15)20)21-11-12-6-2-1-3-7-12/h12H,1-9,11H2,(H,19,20). The first-order valence-corrected chi connectivity index (χ1v) is 9.09. The van der Waals surface area contributed by atoms with Gasteiger partial charge in [-0.3, -0.25) is 4.79 Å². The van der Waals surface area contributed by atoms with Crippen LogP contribution < -0.4 is 5.56 Å². The lowest BCUT2D eigenvalue weighted by Crippen LogP contribution is -2.20. The molecule has 1 fully saturated rings. The molecule has 2 aliphatic carbocycles. The van der Waals surface area contributed by atoms with E-state index in [2.05, 4.69) is 11.1 Å². The molecule has 1 N–H and O–H groups in total. The smallest absolute Gasteiger partial charge is 0.267 e. The highest BCUT2D eigenvalue weighted by Gasteiger charge is 2.21. The zero-order chi connectivity index (χ0) is 14.7. The average molecular weight is 302 g/mol. The number of fused-ring (bicyclic) bond motifs is 1. The van der Waals surface area contributed by atoms with Gasteiger partial charge in [-0.25, -0.2) is 0 Å². The van der Waals surface area contributed by atoms with Crippen LogP contribution in [-0.4, -0.2) is 10.7 Å². The zero-order valence-corrected chi connectivity index (χ0v) is 13.2. The van der Waals surface area contributed by atoms with Gasteiger partial charge in [0.1, 0.15) is 11.6 Å². The van der Waals surface area contributed by atoms with Crippen molar-refractivity contribution >= 4 is 11.8 Å². The summed E-state index contributed by atoms with van der Waals surface area (Å²) in [6, 6.07) is 2.10. The first-order valence-electron chi connectivity index (χ1n) is 8.10. The fourth-order valence-electron chi connectivity index (χ4n) is 3.61. The van der Waals surface area contributed by atoms with Crippen molar-refractivity contribution in [3.05, 3.63) is 27.0 Å². The first kappa shape index (κ1) is 14.7. The third-order valence-electron chi connectivity index (χ3n) is 4.80. The molecule has 0 atom stereocenters. The Balaban J connectivity index is 1.83. The minimum Gasteiger partial charge on any atom is -0.316 e. The Morgan fingerprint density at radius 2 is 1.81 bits per heavy atom. The van der Waals surface area contributed by atoms with Gasteiger partial charge in [-0.15, -0.1) is 11.8 Å². The molecule has 0 aliphatic heterocycles. The summed E-state index contributed by atoms with van der Waals surface area (Å²) in [4.78, 5) is 15.1. The van der Waals surface area contributed by atoms with Crippen molar-refractivity contribution in [2.24, 2.45) is 5.92 Å². The molecule has 0 radical (unpaired) electrons. The van der Waals surface area contributed by atoms with Crippen molar-refractivity contribution in [1.29, 1.82) is 5.26 Å². The van der Waals surface area contributed by atoms with E-state index >= 15 is 0 Å². The summed E-state index contributed by atoms with van der Waals surface area (Å²) in [6.45, 7) is 0.